The average Bonchev–Trinajstić information content (AvgIpc) is 3.00. The van der Waals surface area contributed by atoms with Crippen LogP contribution in [0.5, 0.6) is 0 Å². The Labute approximate surface area is 124 Å². The van der Waals surface area contributed by atoms with Crippen LogP contribution >= 0.6 is 11.8 Å². The number of carbonyl (C=O) groups excluding carboxylic acids is 1. The maximum Gasteiger partial charge on any atom is 0.353 e. The molecule has 0 bridgehead atoms. The van der Waals surface area contributed by atoms with E-state index in [2.05, 4.69) is 20.7 Å². The molecule has 21 heavy (non-hydrogen) atoms. The molecule has 8 nitrogen and oxygen atoms in total. The molecule has 0 fully saturated rings. The van der Waals surface area contributed by atoms with Crippen molar-refractivity contribution in [3.63, 3.8) is 0 Å². The van der Waals surface area contributed by atoms with Crippen molar-refractivity contribution in [2.45, 2.75) is 19.6 Å². The first-order chi connectivity index (χ1) is 9.97. The van der Waals surface area contributed by atoms with Gasteiger partial charge in [-0.2, -0.15) is 5.10 Å². The number of H-pyrrole nitrogens is 1. The summed E-state index contributed by atoms with van der Waals surface area (Å²) in [6.45, 7) is 3.68. The average molecular weight is 310 g/mol. The number of hydrogen-bond donors (Lipinski definition) is 3. The smallest absolute Gasteiger partial charge is 0.353 e. The highest BCUT2D eigenvalue weighted by Gasteiger charge is 2.12. The summed E-state index contributed by atoms with van der Waals surface area (Å²) in [5.74, 6) is 0.398. The molecule has 0 spiro atoms. The number of carbonyl (C=O) groups is 2. The molecule has 0 unspecified atom stereocenters. The number of aromatic nitrogens is 3. The zero-order valence-corrected chi connectivity index (χ0v) is 12.3. The van der Waals surface area contributed by atoms with E-state index in [1.54, 1.807) is 0 Å². The first kappa shape index (κ1) is 15.1. The van der Waals surface area contributed by atoms with Crippen LogP contribution in [0.2, 0.25) is 0 Å². The fourth-order valence-corrected chi connectivity index (χ4v) is 2.60. The van der Waals surface area contributed by atoms with Gasteiger partial charge >= 0.3 is 5.97 Å². The summed E-state index contributed by atoms with van der Waals surface area (Å²) in [7, 11) is 0. The van der Waals surface area contributed by atoms with Gasteiger partial charge in [-0.3, -0.25) is 9.89 Å². The van der Waals surface area contributed by atoms with Gasteiger partial charge in [-0.05, 0) is 13.8 Å². The Kier molecular flexibility index (Phi) is 4.63. The van der Waals surface area contributed by atoms with Crippen LogP contribution in [0, 0.1) is 13.8 Å². The molecule has 0 saturated carbocycles. The SMILES string of the molecule is Cc1noc(C)c1CSCC(=O)Nc1cc(C(=O)O)[nH]n1. The molecule has 2 rings (SSSR count). The van der Waals surface area contributed by atoms with E-state index in [9.17, 15) is 9.59 Å². The molecule has 0 aliphatic rings. The summed E-state index contributed by atoms with van der Waals surface area (Å²) < 4.78 is 5.04. The van der Waals surface area contributed by atoms with E-state index in [4.69, 9.17) is 9.63 Å². The quantitative estimate of drug-likeness (QED) is 0.740. The second kappa shape index (κ2) is 6.44. The van der Waals surface area contributed by atoms with Crippen LogP contribution < -0.4 is 5.32 Å². The molecule has 2 heterocycles. The molecule has 3 N–H and O–H groups in total. The number of nitrogens with zero attached hydrogens (tertiary/aromatic N) is 2. The van der Waals surface area contributed by atoms with Gasteiger partial charge in [0.05, 0.1) is 11.4 Å². The standard InChI is InChI=1S/C12H14N4O4S/c1-6-8(7(2)20-16-6)4-21-5-11(17)13-10-3-9(12(18)19)14-15-10/h3H,4-5H2,1-2H3,(H,18,19)(H2,13,14,15,17). The van der Waals surface area contributed by atoms with Crippen LogP contribution in [-0.2, 0) is 10.5 Å². The van der Waals surface area contributed by atoms with E-state index in [1.807, 2.05) is 13.8 Å². The highest BCUT2D eigenvalue weighted by atomic mass is 32.2. The Bertz CT molecular complexity index is 645. The molecule has 0 radical (unpaired) electrons. The highest BCUT2D eigenvalue weighted by Crippen LogP contribution is 2.19. The Morgan fingerprint density at radius 3 is 2.81 bits per heavy atom. The molecular weight excluding hydrogens is 296 g/mol. The predicted octanol–water partition coefficient (Wildman–Crippen LogP) is 1.58. The summed E-state index contributed by atoms with van der Waals surface area (Å²) in [6.07, 6.45) is 0. The maximum atomic E-state index is 11.7. The summed E-state index contributed by atoms with van der Waals surface area (Å²) >= 11 is 1.41. The van der Waals surface area contributed by atoms with Crippen LogP contribution in [0.3, 0.4) is 0 Å². The molecule has 0 saturated heterocycles. The molecule has 0 aromatic carbocycles. The number of rotatable bonds is 6. The van der Waals surface area contributed by atoms with Crippen molar-refractivity contribution in [2.24, 2.45) is 0 Å². The number of aromatic carboxylic acids is 1. The Morgan fingerprint density at radius 1 is 1.48 bits per heavy atom. The molecule has 2 aromatic heterocycles. The van der Waals surface area contributed by atoms with Crippen molar-refractivity contribution in [3.8, 4) is 0 Å². The number of aromatic amines is 1. The van der Waals surface area contributed by atoms with Gasteiger partial charge in [-0.25, -0.2) is 4.79 Å². The van der Waals surface area contributed by atoms with E-state index < -0.39 is 5.97 Å². The van der Waals surface area contributed by atoms with Crippen molar-refractivity contribution in [1.82, 2.24) is 15.4 Å². The van der Waals surface area contributed by atoms with Gasteiger partial charge in [0.2, 0.25) is 5.91 Å². The third-order valence-electron chi connectivity index (χ3n) is 2.74. The van der Waals surface area contributed by atoms with Gasteiger partial charge in [0.15, 0.2) is 5.82 Å². The van der Waals surface area contributed by atoms with Crippen molar-refractivity contribution in [3.05, 3.63) is 28.8 Å². The lowest BCUT2D eigenvalue weighted by atomic mass is 10.2. The Morgan fingerprint density at radius 2 is 2.24 bits per heavy atom. The number of thioether (sulfide) groups is 1. The van der Waals surface area contributed by atoms with Gasteiger partial charge in [0, 0.05) is 17.4 Å². The maximum absolute atomic E-state index is 11.7. The number of carboxylic acid groups (broad SMARTS) is 1. The highest BCUT2D eigenvalue weighted by molar-refractivity contribution is 7.99. The van der Waals surface area contributed by atoms with E-state index >= 15 is 0 Å². The monoisotopic (exact) mass is 310 g/mol. The Hall–Kier alpha value is -2.29. The minimum absolute atomic E-state index is 0.0753. The van der Waals surface area contributed by atoms with Crippen molar-refractivity contribution in [2.75, 3.05) is 11.1 Å². The van der Waals surface area contributed by atoms with E-state index in [-0.39, 0.29) is 23.2 Å². The van der Waals surface area contributed by atoms with E-state index in [1.165, 1.54) is 17.8 Å². The molecule has 0 aliphatic carbocycles. The zero-order valence-electron chi connectivity index (χ0n) is 11.5. The molecule has 2 aromatic rings. The minimum atomic E-state index is -1.13. The lowest BCUT2D eigenvalue weighted by Crippen LogP contribution is -2.14. The lowest BCUT2D eigenvalue weighted by Gasteiger charge is -2.02. The lowest BCUT2D eigenvalue weighted by molar-refractivity contribution is -0.113. The van der Waals surface area contributed by atoms with Crippen molar-refractivity contribution in [1.29, 1.82) is 0 Å². The number of hydrogen-bond acceptors (Lipinski definition) is 6. The van der Waals surface area contributed by atoms with Crippen LogP contribution in [0.25, 0.3) is 0 Å². The first-order valence-corrected chi connectivity index (χ1v) is 7.21. The second-order valence-electron chi connectivity index (χ2n) is 4.32. The number of anilines is 1. The number of carboxylic acids is 1. The summed E-state index contributed by atoms with van der Waals surface area (Å²) in [5, 5.41) is 21.1. The third kappa shape index (κ3) is 3.85. The van der Waals surface area contributed by atoms with E-state index in [0.717, 1.165) is 17.0 Å². The number of nitrogens with one attached hydrogen (secondary N) is 2. The Balaban J connectivity index is 1.81. The van der Waals surface area contributed by atoms with E-state index in [0.29, 0.717) is 5.75 Å². The number of aryl methyl sites for hydroxylation is 2. The van der Waals surface area contributed by atoms with Gasteiger partial charge in [0.1, 0.15) is 11.5 Å². The van der Waals surface area contributed by atoms with Crippen LogP contribution in [-0.4, -0.2) is 38.1 Å². The molecular formula is C12H14N4O4S. The molecule has 1 amide bonds. The van der Waals surface area contributed by atoms with Crippen LogP contribution in [0.1, 0.15) is 27.5 Å². The fourth-order valence-electron chi connectivity index (χ4n) is 1.63. The van der Waals surface area contributed by atoms with Crippen LogP contribution in [0.15, 0.2) is 10.6 Å². The van der Waals surface area contributed by atoms with Gasteiger partial charge in [-0.15, -0.1) is 11.8 Å². The minimum Gasteiger partial charge on any atom is -0.477 e. The largest absolute Gasteiger partial charge is 0.477 e. The summed E-state index contributed by atoms with van der Waals surface area (Å²) in [5.41, 5.74) is 1.73. The van der Waals surface area contributed by atoms with Gasteiger partial charge < -0.3 is 14.9 Å². The fraction of sp³-hybridized carbons (Fsp3) is 0.333. The molecule has 112 valence electrons. The normalized spacial score (nSPS) is 10.6. The van der Waals surface area contributed by atoms with Gasteiger partial charge in [-0.1, -0.05) is 5.16 Å². The van der Waals surface area contributed by atoms with Crippen molar-refractivity contribution >= 4 is 29.5 Å². The predicted molar refractivity (Wildman–Crippen MR) is 76.3 cm³/mol. The molecule has 0 atom stereocenters. The summed E-state index contributed by atoms with van der Waals surface area (Å²) in [6, 6.07) is 1.26. The topological polar surface area (TPSA) is 121 Å². The first-order valence-electron chi connectivity index (χ1n) is 6.05. The molecule has 0 aliphatic heterocycles. The second-order valence-corrected chi connectivity index (χ2v) is 5.30. The van der Waals surface area contributed by atoms with Gasteiger partial charge in [0.25, 0.3) is 0 Å². The van der Waals surface area contributed by atoms with Crippen molar-refractivity contribution < 1.29 is 19.2 Å². The molecule has 9 heteroatoms. The third-order valence-corrected chi connectivity index (χ3v) is 3.70. The zero-order chi connectivity index (χ0) is 15.4. The summed E-state index contributed by atoms with van der Waals surface area (Å²) in [4.78, 5) is 22.4. The number of amides is 1. The van der Waals surface area contributed by atoms with Crippen LogP contribution in [0.4, 0.5) is 5.82 Å².